The van der Waals surface area contributed by atoms with Crippen molar-refractivity contribution < 1.29 is 24.5 Å². The Morgan fingerprint density at radius 2 is 1.48 bits per heavy atom. The molecule has 27 heavy (non-hydrogen) atoms. The first-order chi connectivity index (χ1) is 13.0. The molecule has 7 nitrogen and oxygen atoms in total. The Kier molecular flexibility index (Phi) is 13.1. The van der Waals surface area contributed by atoms with E-state index in [9.17, 15) is 9.59 Å². The van der Waals surface area contributed by atoms with Crippen LogP contribution in [0.25, 0.3) is 0 Å². The number of hydrogen-bond donors (Lipinski definition) is 2. The molecule has 0 saturated carbocycles. The summed E-state index contributed by atoms with van der Waals surface area (Å²) in [5.41, 5.74) is 0. The van der Waals surface area contributed by atoms with Crippen molar-refractivity contribution in [1.82, 2.24) is 9.80 Å². The second kappa shape index (κ2) is 14.8. The molecule has 1 atom stereocenters. The van der Waals surface area contributed by atoms with Crippen molar-refractivity contribution in [3.05, 3.63) is 0 Å². The van der Waals surface area contributed by atoms with Crippen molar-refractivity contribution in [3.8, 4) is 0 Å². The third-order valence-electron chi connectivity index (χ3n) is 5.17. The summed E-state index contributed by atoms with van der Waals surface area (Å²) in [5, 5.41) is 17.8. The third-order valence-corrected chi connectivity index (χ3v) is 5.17. The van der Waals surface area contributed by atoms with Gasteiger partial charge in [-0.3, -0.25) is 14.6 Å². The zero-order chi connectivity index (χ0) is 19.9. The summed E-state index contributed by atoms with van der Waals surface area (Å²) in [6, 6.07) is 0. The van der Waals surface area contributed by atoms with Crippen molar-refractivity contribution >= 4 is 11.9 Å². The first-order valence-electron chi connectivity index (χ1n) is 10.5. The Balaban J connectivity index is 2.26. The lowest BCUT2D eigenvalue weighted by molar-refractivity contribution is -0.143. The van der Waals surface area contributed by atoms with E-state index < -0.39 is 11.9 Å². The molecule has 0 amide bonds. The van der Waals surface area contributed by atoms with E-state index in [1.807, 2.05) is 4.90 Å². The molecular formula is C20H38N2O5. The van der Waals surface area contributed by atoms with E-state index in [1.165, 1.54) is 51.4 Å². The van der Waals surface area contributed by atoms with Crippen LogP contribution in [0.3, 0.4) is 0 Å². The van der Waals surface area contributed by atoms with E-state index in [-0.39, 0.29) is 19.3 Å². The maximum Gasteiger partial charge on any atom is 0.329 e. The second-order valence-electron chi connectivity index (χ2n) is 7.44. The SMILES string of the molecule is CCCCCCCCCCCC1N(CCOCC(=O)O)CCN1CC(=O)O. The molecule has 1 aliphatic rings. The Morgan fingerprint density at radius 3 is 2.07 bits per heavy atom. The van der Waals surface area contributed by atoms with Gasteiger partial charge in [0.15, 0.2) is 0 Å². The minimum atomic E-state index is -0.963. The van der Waals surface area contributed by atoms with Gasteiger partial charge in [-0.1, -0.05) is 64.7 Å². The lowest BCUT2D eigenvalue weighted by atomic mass is 10.1. The van der Waals surface area contributed by atoms with Crippen molar-refractivity contribution in [1.29, 1.82) is 0 Å². The van der Waals surface area contributed by atoms with Gasteiger partial charge in [0, 0.05) is 19.6 Å². The molecule has 1 heterocycles. The average Bonchev–Trinajstić information content (AvgIpc) is 2.98. The maximum atomic E-state index is 11.1. The molecule has 0 aliphatic carbocycles. The molecule has 2 N–H and O–H groups in total. The number of hydrogen-bond acceptors (Lipinski definition) is 5. The average molecular weight is 387 g/mol. The number of nitrogens with zero attached hydrogens (tertiary/aromatic N) is 2. The van der Waals surface area contributed by atoms with E-state index in [4.69, 9.17) is 14.9 Å². The second-order valence-corrected chi connectivity index (χ2v) is 7.44. The van der Waals surface area contributed by atoms with Gasteiger partial charge in [0.1, 0.15) is 6.61 Å². The summed E-state index contributed by atoms with van der Waals surface area (Å²) in [7, 11) is 0. The van der Waals surface area contributed by atoms with Crippen LogP contribution in [0.4, 0.5) is 0 Å². The molecule has 7 heteroatoms. The highest BCUT2D eigenvalue weighted by Crippen LogP contribution is 2.20. The number of rotatable bonds is 17. The summed E-state index contributed by atoms with van der Waals surface area (Å²) >= 11 is 0. The van der Waals surface area contributed by atoms with E-state index in [0.717, 1.165) is 25.9 Å². The number of carbonyl (C=O) groups is 2. The molecule has 0 spiro atoms. The van der Waals surface area contributed by atoms with Gasteiger partial charge < -0.3 is 14.9 Å². The van der Waals surface area contributed by atoms with Gasteiger partial charge in [0.2, 0.25) is 0 Å². The fourth-order valence-electron chi connectivity index (χ4n) is 3.75. The number of ether oxygens (including phenoxy) is 1. The van der Waals surface area contributed by atoms with E-state index in [0.29, 0.717) is 13.2 Å². The van der Waals surface area contributed by atoms with Crippen molar-refractivity contribution in [2.45, 2.75) is 77.3 Å². The predicted molar refractivity (Wildman–Crippen MR) is 105 cm³/mol. The zero-order valence-electron chi connectivity index (χ0n) is 16.9. The van der Waals surface area contributed by atoms with Gasteiger partial charge in [0.25, 0.3) is 0 Å². The molecule has 0 aromatic heterocycles. The fraction of sp³-hybridized carbons (Fsp3) is 0.900. The monoisotopic (exact) mass is 386 g/mol. The number of unbranched alkanes of at least 4 members (excludes halogenated alkanes) is 8. The molecule has 1 saturated heterocycles. The summed E-state index contributed by atoms with van der Waals surface area (Å²) in [6.07, 6.45) is 12.5. The number of carboxylic acid groups (broad SMARTS) is 2. The quantitative estimate of drug-likeness (QED) is 0.371. The molecule has 0 aromatic carbocycles. The van der Waals surface area contributed by atoms with Crippen molar-refractivity contribution in [2.24, 2.45) is 0 Å². The Bertz CT molecular complexity index is 419. The first kappa shape index (κ1) is 23.9. The minimum Gasteiger partial charge on any atom is -0.480 e. The summed E-state index contributed by atoms with van der Waals surface area (Å²) in [5.74, 6) is -1.76. The van der Waals surface area contributed by atoms with Crippen LogP contribution in [0.2, 0.25) is 0 Å². The standard InChI is InChI=1S/C20H38N2O5/c1-2-3-4-5-6-7-8-9-10-11-18-21(14-15-27-17-20(25)26)12-13-22(18)16-19(23)24/h18H,2-17H2,1H3,(H,23,24)(H,25,26). The van der Waals surface area contributed by atoms with Gasteiger partial charge >= 0.3 is 11.9 Å². The largest absolute Gasteiger partial charge is 0.480 e. The fourth-order valence-corrected chi connectivity index (χ4v) is 3.75. The molecular weight excluding hydrogens is 348 g/mol. The summed E-state index contributed by atoms with van der Waals surface area (Å²) in [4.78, 5) is 25.9. The van der Waals surface area contributed by atoms with Crippen LogP contribution in [-0.4, -0.2) is 77.5 Å². The number of aliphatic carboxylic acids is 2. The summed E-state index contributed by atoms with van der Waals surface area (Å²) in [6.45, 7) is 4.58. The van der Waals surface area contributed by atoms with Crippen molar-refractivity contribution in [3.63, 3.8) is 0 Å². The Hall–Kier alpha value is -1.18. The smallest absolute Gasteiger partial charge is 0.329 e. The highest BCUT2D eigenvalue weighted by atomic mass is 16.5. The minimum absolute atomic E-state index is 0.0641. The van der Waals surface area contributed by atoms with Gasteiger partial charge in [-0.25, -0.2) is 4.79 Å². The molecule has 0 bridgehead atoms. The van der Waals surface area contributed by atoms with Crippen LogP contribution >= 0.6 is 0 Å². The van der Waals surface area contributed by atoms with E-state index in [2.05, 4.69) is 11.8 Å². The molecule has 1 aliphatic heterocycles. The third kappa shape index (κ3) is 11.3. The molecule has 158 valence electrons. The molecule has 1 rings (SSSR count). The van der Waals surface area contributed by atoms with Gasteiger partial charge in [0.05, 0.1) is 19.3 Å². The molecule has 1 unspecified atom stereocenters. The van der Waals surface area contributed by atoms with Crippen molar-refractivity contribution in [2.75, 3.05) is 39.4 Å². The maximum absolute atomic E-state index is 11.1. The Morgan fingerprint density at radius 1 is 0.889 bits per heavy atom. The Labute approximate surface area is 163 Å². The topological polar surface area (TPSA) is 90.3 Å². The highest BCUT2D eigenvalue weighted by molar-refractivity contribution is 5.69. The van der Waals surface area contributed by atoms with Crippen LogP contribution in [0.5, 0.6) is 0 Å². The van der Waals surface area contributed by atoms with Gasteiger partial charge in [-0.2, -0.15) is 0 Å². The van der Waals surface area contributed by atoms with Gasteiger partial charge in [-0.05, 0) is 6.42 Å². The number of carboxylic acids is 2. The molecule has 0 radical (unpaired) electrons. The molecule has 0 aromatic rings. The normalized spacial score (nSPS) is 18.2. The first-order valence-corrected chi connectivity index (χ1v) is 10.5. The molecule has 1 fully saturated rings. The van der Waals surface area contributed by atoms with E-state index >= 15 is 0 Å². The van der Waals surface area contributed by atoms with Crippen LogP contribution < -0.4 is 0 Å². The van der Waals surface area contributed by atoms with Crippen LogP contribution in [0.1, 0.15) is 71.1 Å². The zero-order valence-corrected chi connectivity index (χ0v) is 16.9. The predicted octanol–water partition coefficient (Wildman–Crippen LogP) is 3.04. The highest BCUT2D eigenvalue weighted by Gasteiger charge is 2.32. The van der Waals surface area contributed by atoms with Crippen LogP contribution in [0, 0.1) is 0 Å². The summed E-state index contributed by atoms with van der Waals surface area (Å²) < 4.78 is 5.14. The van der Waals surface area contributed by atoms with Gasteiger partial charge in [-0.15, -0.1) is 0 Å². The van der Waals surface area contributed by atoms with E-state index in [1.54, 1.807) is 0 Å². The lowest BCUT2D eigenvalue weighted by Crippen LogP contribution is -2.42. The van der Waals surface area contributed by atoms with Crippen LogP contribution in [-0.2, 0) is 14.3 Å². The lowest BCUT2D eigenvalue weighted by Gasteiger charge is -2.29. The van der Waals surface area contributed by atoms with Crippen LogP contribution in [0.15, 0.2) is 0 Å².